The van der Waals surface area contributed by atoms with Gasteiger partial charge in [0.05, 0.1) is 6.20 Å². The van der Waals surface area contributed by atoms with Crippen molar-refractivity contribution in [2.45, 2.75) is 26.0 Å². The maximum Gasteiger partial charge on any atom is 0.119 e. The highest BCUT2D eigenvalue weighted by molar-refractivity contribution is 5.21. The summed E-state index contributed by atoms with van der Waals surface area (Å²) < 4.78 is 7.34. The predicted octanol–water partition coefficient (Wildman–Crippen LogP) is 2.41. The van der Waals surface area contributed by atoms with Gasteiger partial charge in [0.25, 0.3) is 0 Å². The van der Waals surface area contributed by atoms with E-state index < -0.39 is 6.10 Å². The molecule has 0 spiro atoms. The number of para-hydroxylation sites is 1. The summed E-state index contributed by atoms with van der Waals surface area (Å²) >= 11 is 0. The van der Waals surface area contributed by atoms with Crippen LogP contribution in [0.15, 0.2) is 42.7 Å². The molecule has 0 bridgehead atoms. The van der Waals surface area contributed by atoms with E-state index in [-0.39, 0.29) is 6.61 Å². The van der Waals surface area contributed by atoms with Crippen molar-refractivity contribution in [3.63, 3.8) is 0 Å². The Bertz CT molecular complexity index is 468. The van der Waals surface area contributed by atoms with Crippen molar-refractivity contribution < 1.29 is 9.84 Å². The molecular formula is C14H18N2O2. The topological polar surface area (TPSA) is 47.3 Å². The van der Waals surface area contributed by atoms with Gasteiger partial charge in [-0.05, 0) is 18.6 Å². The molecule has 96 valence electrons. The van der Waals surface area contributed by atoms with E-state index in [2.05, 4.69) is 12.0 Å². The van der Waals surface area contributed by atoms with Crippen molar-refractivity contribution in [3.8, 4) is 5.75 Å². The fraction of sp³-hybridized carbons (Fsp3) is 0.357. The molecule has 1 aromatic heterocycles. The molecule has 0 amide bonds. The Kier molecular flexibility index (Phi) is 4.36. The number of hydrogen-bond donors (Lipinski definition) is 1. The summed E-state index contributed by atoms with van der Waals surface area (Å²) in [5.41, 5.74) is 0.791. The lowest BCUT2D eigenvalue weighted by atomic mass is 10.2. The van der Waals surface area contributed by atoms with Crippen molar-refractivity contribution in [2.75, 3.05) is 6.61 Å². The fourth-order valence-electron chi connectivity index (χ4n) is 1.69. The van der Waals surface area contributed by atoms with E-state index in [1.807, 2.05) is 41.2 Å². The van der Waals surface area contributed by atoms with Gasteiger partial charge in [0.15, 0.2) is 0 Å². The van der Waals surface area contributed by atoms with E-state index in [9.17, 15) is 5.11 Å². The van der Waals surface area contributed by atoms with Crippen LogP contribution in [0.5, 0.6) is 5.75 Å². The van der Waals surface area contributed by atoms with Crippen molar-refractivity contribution in [1.82, 2.24) is 9.78 Å². The molecule has 1 aromatic carbocycles. The number of benzene rings is 1. The third-order valence-electron chi connectivity index (χ3n) is 2.64. The summed E-state index contributed by atoms with van der Waals surface area (Å²) in [7, 11) is 0. The minimum atomic E-state index is -0.643. The van der Waals surface area contributed by atoms with E-state index in [0.29, 0.717) is 0 Å². The van der Waals surface area contributed by atoms with Gasteiger partial charge in [0.1, 0.15) is 18.5 Å². The number of ether oxygens (including phenoxy) is 1. The number of rotatable bonds is 6. The summed E-state index contributed by atoms with van der Waals surface area (Å²) in [6.45, 7) is 3.20. The first-order chi connectivity index (χ1) is 8.79. The maximum atomic E-state index is 9.99. The number of aryl methyl sites for hydroxylation is 1. The van der Waals surface area contributed by atoms with Gasteiger partial charge in [-0.1, -0.05) is 25.1 Å². The van der Waals surface area contributed by atoms with Crippen LogP contribution < -0.4 is 4.74 Å². The van der Waals surface area contributed by atoms with Crippen LogP contribution in [-0.2, 0) is 6.54 Å². The number of aliphatic hydroxyl groups excluding tert-OH is 1. The Morgan fingerprint density at radius 1 is 1.33 bits per heavy atom. The van der Waals surface area contributed by atoms with E-state index in [1.54, 1.807) is 6.20 Å². The standard InChI is InChI=1S/C14H18N2O2/c1-2-8-16-10-12(9-15-16)14(17)11-18-13-6-4-3-5-7-13/h3-7,9-10,14,17H,2,8,11H2,1H3. The van der Waals surface area contributed by atoms with E-state index in [1.165, 1.54) is 0 Å². The lowest BCUT2D eigenvalue weighted by Crippen LogP contribution is -2.09. The zero-order chi connectivity index (χ0) is 12.8. The predicted molar refractivity (Wildman–Crippen MR) is 69.4 cm³/mol. The van der Waals surface area contributed by atoms with Crippen LogP contribution in [-0.4, -0.2) is 21.5 Å². The van der Waals surface area contributed by atoms with Crippen LogP contribution in [0.3, 0.4) is 0 Å². The van der Waals surface area contributed by atoms with Crippen LogP contribution in [0.25, 0.3) is 0 Å². The van der Waals surface area contributed by atoms with Crippen molar-refractivity contribution in [2.24, 2.45) is 0 Å². The molecule has 0 aliphatic carbocycles. The zero-order valence-electron chi connectivity index (χ0n) is 10.5. The molecule has 1 heterocycles. The van der Waals surface area contributed by atoms with Crippen molar-refractivity contribution in [1.29, 1.82) is 0 Å². The molecular weight excluding hydrogens is 228 g/mol. The highest BCUT2D eigenvalue weighted by Gasteiger charge is 2.10. The largest absolute Gasteiger partial charge is 0.491 e. The smallest absolute Gasteiger partial charge is 0.119 e. The molecule has 1 N–H and O–H groups in total. The third kappa shape index (κ3) is 3.34. The monoisotopic (exact) mass is 246 g/mol. The van der Waals surface area contributed by atoms with Crippen molar-refractivity contribution >= 4 is 0 Å². The first kappa shape index (κ1) is 12.6. The SMILES string of the molecule is CCCn1cc(C(O)COc2ccccc2)cn1. The Morgan fingerprint density at radius 3 is 2.83 bits per heavy atom. The minimum Gasteiger partial charge on any atom is -0.491 e. The van der Waals surface area contributed by atoms with E-state index >= 15 is 0 Å². The van der Waals surface area contributed by atoms with E-state index in [4.69, 9.17) is 4.74 Å². The quantitative estimate of drug-likeness (QED) is 0.851. The van der Waals surface area contributed by atoms with Crippen LogP contribution in [0.2, 0.25) is 0 Å². The van der Waals surface area contributed by atoms with Gasteiger partial charge >= 0.3 is 0 Å². The molecule has 0 radical (unpaired) electrons. The second-order valence-electron chi connectivity index (χ2n) is 4.18. The van der Waals surface area contributed by atoms with Gasteiger partial charge in [-0.25, -0.2) is 0 Å². The number of aromatic nitrogens is 2. The van der Waals surface area contributed by atoms with Crippen LogP contribution >= 0.6 is 0 Å². The van der Waals surface area contributed by atoms with Gasteiger partial charge < -0.3 is 9.84 Å². The summed E-state index contributed by atoms with van der Waals surface area (Å²) in [4.78, 5) is 0. The third-order valence-corrected chi connectivity index (χ3v) is 2.64. The van der Waals surface area contributed by atoms with Gasteiger partial charge in [0.2, 0.25) is 0 Å². The Labute approximate surface area is 107 Å². The van der Waals surface area contributed by atoms with Crippen LogP contribution in [0, 0.1) is 0 Å². The van der Waals surface area contributed by atoms with Crippen LogP contribution in [0.1, 0.15) is 25.0 Å². The minimum absolute atomic E-state index is 0.238. The van der Waals surface area contributed by atoms with Crippen molar-refractivity contribution in [3.05, 3.63) is 48.3 Å². The number of nitrogens with zero attached hydrogens (tertiary/aromatic N) is 2. The highest BCUT2D eigenvalue weighted by atomic mass is 16.5. The Morgan fingerprint density at radius 2 is 2.11 bits per heavy atom. The molecule has 4 nitrogen and oxygen atoms in total. The normalized spacial score (nSPS) is 12.3. The fourth-order valence-corrected chi connectivity index (χ4v) is 1.69. The lowest BCUT2D eigenvalue weighted by molar-refractivity contribution is 0.108. The molecule has 0 aliphatic rings. The number of aliphatic hydroxyl groups is 1. The molecule has 0 saturated heterocycles. The van der Waals surface area contributed by atoms with Crippen LogP contribution in [0.4, 0.5) is 0 Å². The molecule has 0 saturated carbocycles. The van der Waals surface area contributed by atoms with Gasteiger partial charge in [-0.2, -0.15) is 5.10 Å². The first-order valence-corrected chi connectivity index (χ1v) is 6.18. The molecule has 4 heteroatoms. The second-order valence-corrected chi connectivity index (χ2v) is 4.18. The van der Waals surface area contributed by atoms with E-state index in [0.717, 1.165) is 24.3 Å². The Hall–Kier alpha value is -1.81. The first-order valence-electron chi connectivity index (χ1n) is 6.18. The molecule has 1 unspecified atom stereocenters. The average molecular weight is 246 g/mol. The summed E-state index contributed by atoms with van der Waals surface area (Å²) in [5, 5.41) is 14.2. The molecule has 1 atom stereocenters. The van der Waals surface area contributed by atoms with Gasteiger partial charge in [0, 0.05) is 18.3 Å². The zero-order valence-corrected chi connectivity index (χ0v) is 10.5. The highest BCUT2D eigenvalue weighted by Crippen LogP contribution is 2.15. The maximum absolute atomic E-state index is 9.99. The summed E-state index contributed by atoms with van der Waals surface area (Å²) in [6.07, 6.45) is 3.94. The summed E-state index contributed by atoms with van der Waals surface area (Å²) in [6, 6.07) is 9.47. The average Bonchev–Trinajstić information content (AvgIpc) is 2.86. The summed E-state index contributed by atoms with van der Waals surface area (Å²) in [5.74, 6) is 0.762. The van der Waals surface area contributed by atoms with Gasteiger partial charge in [-0.15, -0.1) is 0 Å². The molecule has 0 aliphatic heterocycles. The number of hydrogen-bond acceptors (Lipinski definition) is 3. The molecule has 2 aromatic rings. The molecule has 2 rings (SSSR count). The lowest BCUT2D eigenvalue weighted by Gasteiger charge is -2.10. The molecule has 0 fully saturated rings. The molecule has 18 heavy (non-hydrogen) atoms. The second kappa shape index (κ2) is 6.21. The Balaban J connectivity index is 1.89. The van der Waals surface area contributed by atoms with Gasteiger partial charge in [-0.3, -0.25) is 4.68 Å².